The van der Waals surface area contributed by atoms with Crippen molar-refractivity contribution in [1.82, 2.24) is 0 Å². The molecule has 20 heavy (non-hydrogen) atoms. The van der Waals surface area contributed by atoms with Gasteiger partial charge < -0.3 is 10.5 Å². The van der Waals surface area contributed by atoms with E-state index >= 15 is 0 Å². The van der Waals surface area contributed by atoms with Gasteiger partial charge in [0.05, 0.1) is 0 Å². The molecule has 4 nitrogen and oxygen atoms in total. The maximum Gasteiger partial charge on any atom is 0.412 e. The lowest BCUT2D eigenvalue weighted by atomic mass is 10.0. The van der Waals surface area contributed by atoms with E-state index in [9.17, 15) is 4.79 Å². The van der Waals surface area contributed by atoms with Gasteiger partial charge in [-0.1, -0.05) is 11.6 Å². The van der Waals surface area contributed by atoms with Crippen LogP contribution in [0, 0.1) is 0 Å². The summed E-state index contributed by atoms with van der Waals surface area (Å²) in [5.74, 6) is 0. The number of nitrogens with two attached hydrogens (primary N) is 1. The molecule has 1 rings (SSSR count). The average Bonchev–Trinajstić information content (AvgIpc) is 2.26. The van der Waals surface area contributed by atoms with Gasteiger partial charge in [-0.15, -0.1) is 0 Å². The van der Waals surface area contributed by atoms with Gasteiger partial charge in [0.1, 0.15) is 5.60 Å². The van der Waals surface area contributed by atoms with Gasteiger partial charge in [-0.2, -0.15) is 0 Å². The fourth-order valence-corrected chi connectivity index (χ4v) is 1.88. The minimum atomic E-state index is -0.525. The zero-order valence-electron chi connectivity index (χ0n) is 12.5. The molecule has 1 atom stereocenters. The van der Waals surface area contributed by atoms with Crippen LogP contribution in [0.5, 0.6) is 0 Å². The van der Waals surface area contributed by atoms with Crippen LogP contribution in [0.3, 0.4) is 0 Å². The number of amides is 1. The van der Waals surface area contributed by atoms with Crippen molar-refractivity contribution in [2.75, 3.05) is 5.32 Å². The minimum Gasteiger partial charge on any atom is -0.444 e. The van der Waals surface area contributed by atoms with Crippen molar-refractivity contribution in [1.29, 1.82) is 0 Å². The summed E-state index contributed by atoms with van der Waals surface area (Å²) in [6.07, 6.45) is 1.11. The van der Waals surface area contributed by atoms with Gasteiger partial charge in [0.25, 0.3) is 0 Å². The molecular weight excluding hydrogens is 276 g/mol. The number of hydrogen-bond acceptors (Lipinski definition) is 3. The molecule has 0 saturated carbocycles. The lowest BCUT2D eigenvalue weighted by Crippen LogP contribution is -2.27. The van der Waals surface area contributed by atoms with E-state index in [1.807, 2.05) is 33.8 Å². The molecule has 1 aromatic rings. The quantitative estimate of drug-likeness (QED) is 0.884. The molecule has 0 radical (unpaired) electrons. The van der Waals surface area contributed by atoms with E-state index in [1.54, 1.807) is 12.1 Å². The molecule has 0 aliphatic carbocycles. The summed E-state index contributed by atoms with van der Waals surface area (Å²) >= 11 is 6.00. The fourth-order valence-electron chi connectivity index (χ4n) is 1.69. The molecule has 1 amide bonds. The molecule has 0 bridgehead atoms. The van der Waals surface area contributed by atoms with E-state index in [-0.39, 0.29) is 6.04 Å². The summed E-state index contributed by atoms with van der Waals surface area (Å²) in [4.78, 5) is 11.8. The lowest BCUT2D eigenvalue weighted by molar-refractivity contribution is 0.0636. The van der Waals surface area contributed by atoms with E-state index in [2.05, 4.69) is 5.32 Å². The van der Waals surface area contributed by atoms with E-state index in [0.717, 1.165) is 18.4 Å². The van der Waals surface area contributed by atoms with E-state index in [4.69, 9.17) is 22.1 Å². The Labute approximate surface area is 125 Å². The number of carbonyl (C=O) groups excluding carboxylic acids is 1. The number of benzene rings is 1. The second kappa shape index (κ2) is 6.95. The number of aryl methyl sites for hydroxylation is 1. The Morgan fingerprint density at radius 2 is 2.10 bits per heavy atom. The van der Waals surface area contributed by atoms with Crippen molar-refractivity contribution in [3.63, 3.8) is 0 Å². The molecule has 3 N–H and O–H groups in total. The molecule has 1 aromatic carbocycles. The lowest BCUT2D eigenvalue weighted by Gasteiger charge is -2.20. The Morgan fingerprint density at radius 1 is 1.45 bits per heavy atom. The molecule has 0 heterocycles. The van der Waals surface area contributed by atoms with Gasteiger partial charge in [-0.25, -0.2) is 4.79 Å². The standard InChI is InChI=1S/C15H23ClN2O2/c1-10(17)5-6-11-9-12(16)7-8-13(11)18-14(19)20-15(2,3)4/h7-10H,5-6,17H2,1-4H3,(H,18,19)/t10-/m1/s1. The van der Waals surface area contributed by atoms with Gasteiger partial charge in [0.15, 0.2) is 0 Å². The van der Waals surface area contributed by atoms with Crippen LogP contribution in [-0.2, 0) is 11.2 Å². The van der Waals surface area contributed by atoms with Crippen LogP contribution in [0.4, 0.5) is 10.5 Å². The summed E-state index contributed by atoms with van der Waals surface area (Å²) in [6, 6.07) is 5.46. The zero-order valence-corrected chi connectivity index (χ0v) is 13.3. The SMILES string of the molecule is C[C@@H](N)CCc1cc(Cl)ccc1NC(=O)OC(C)(C)C. The van der Waals surface area contributed by atoms with Crippen molar-refractivity contribution in [3.8, 4) is 0 Å². The van der Waals surface area contributed by atoms with Crippen LogP contribution in [0.15, 0.2) is 18.2 Å². The van der Waals surface area contributed by atoms with Crippen LogP contribution in [-0.4, -0.2) is 17.7 Å². The molecule has 0 fully saturated rings. The Hall–Kier alpha value is -1.26. The predicted molar refractivity (Wildman–Crippen MR) is 83.3 cm³/mol. The maximum atomic E-state index is 11.8. The second-order valence-corrected chi connectivity index (χ2v) is 6.38. The first-order valence-electron chi connectivity index (χ1n) is 6.71. The van der Waals surface area contributed by atoms with Gasteiger partial charge in [-0.3, -0.25) is 5.32 Å². The number of rotatable bonds is 4. The third-order valence-electron chi connectivity index (χ3n) is 2.57. The fraction of sp³-hybridized carbons (Fsp3) is 0.533. The van der Waals surface area contributed by atoms with Crippen molar-refractivity contribution in [2.24, 2.45) is 5.73 Å². The largest absolute Gasteiger partial charge is 0.444 e. The molecular formula is C15H23ClN2O2. The molecule has 0 aromatic heterocycles. The summed E-state index contributed by atoms with van der Waals surface area (Å²) in [7, 11) is 0. The average molecular weight is 299 g/mol. The highest BCUT2D eigenvalue weighted by molar-refractivity contribution is 6.30. The summed E-state index contributed by atoms with van der Waals surface area (Å²) in [5.41, 5.74) is 6.91. The van der Waals surface area contributed by atoms with Gasteiger partial charge >= 0.3 is 6.09 Å². The van der Waals surface area contributed by atoms with Crippen molar-refractivity contribution in [2.45, 2.75) is 52.2 Å². The first-order chi connectivity index (χ1) is 9.17. The first kappa shape index (κ1) is 16.8. The number of ether oxygens (including phenoxy) is 1. The Bertz CT molecular complexity index is 467. The molecule has 112 valence electrons. The minimum absolute atomic E-state index is 0.100. The normalized spacial score (nSPS) is 12.9. The molecule has 0 aliphatic rings. The van der Waals surface area contributed by atoms with Gasteiger partial charge in [-0.05, 0) is 64.3 Å². The van der Waals surface area contributed by atoms with Crippen LogP contribution < -0.4 is 11.1 Å². The highest BCUT2D eigenvalue weighted by atomic mass is 35.5. The van der Waals surface area contributed by atoms with Crippen LogP contribution in [0.1, 0.15) is 39.7 Å². The third-order valence-corrected chi connectivity index (χ3v) is 2.81. The zero-order chi connectivity index (χ0) is 15.3. The predicted octanol–water partition coefficient (Wildman–Crippen LogP) is 3.97. The van der Waals surface area contributed by atoms with Crippen molar-refractivity contribution in [3.05, 3.63) is 28.8 Å². The number of halogens is 1. The molecule has 0 spiro atoms. The number of anilines is 1. The van der Waals surface area contributed by atoms with E-state index < -0.39 is 11.7 Å². The maximum absolute atomic E-state index is 11.8. The molecule has 5 heteroatoms. The Kier molecular flexibility index (Phi) is 5.84. The molecule has 0 aliphatic heterocycles. The molecule has 0 saturated heterocycles. The topological polar surface area (TPSA) is 64.3 Å². The number of nitrogens with one attached hydrogen (secondary N) is 1. The highest BCUT2D eigenvalue weighted by Crippen LogP contribution is 2.23. The molecule has 0 unspecified atom stereocenters. The third kappa shape index (κ3) is 6.26. The van der Waals surface area contributed by atoms with Gasteiger partial charge in [0.2, 0.25) is 0 Å². The summed E-state index contributed by atoms with van der Waals surface area (Å²) in [5, 5.41) is 3.40. The van der Waals surface area contributed by atoms with Crippen LogP contribution in [0.2, 0.25) is 5.02 Å². The van der Waals surface area contributed by atoms with Gasteiger partial charge in [0, 0.05) is 16.8 Å². The Balaban J connectivity index is 2.80. The number of hydrogen-bond donors (Lipinski definition) is 2. The first-order valence-corrected chi connectivity index (χ1v) is 7.09. The monoisotopic (exact) mass is 298 g/mol. The second-order valence-electron chi connectivity index (χ2n) is 5.94. The Morgan fingerprint density at radius 3 is 2.65 bits per heavy atom. The smallest absolute Gasteiger partial charge is 0.412 e. The van der Waals surface area contributed by atoms with Crippen molar-refractivity contribution >= 4 is 23.4 Å². The van der Waals surface area contributed by atoms with Crippen LogP contribution >= 0.6 is 11.6 Å². The number of carbonyl (C=O) groups is 1. The van der Waals surface area contributed by atoms with Crippen LogP contribution in [0.25, 0.3) is 0 Å². The van der Waals surface area contributed by atoms with Crippen molar-refractivity contribution < 1.29 is 9.53 Å². The highest BCUT2D eigenvalue weighted by Gasteiger charge is 2.17. The van der Waals surface area contributed by atoms with E-state index in [0.29, 0.717) is 10.7 Å². The summed E-state index contributed by atoms with van der Waals surface area (Å²) in [6.45, 7) is 7.42. The summed E-state index contributed by atoms with van der Waals surface area (Å²) < 4.78 is 5.24. The van der Waals surface area contributed by atoms with E-state index in [1.165, 1.54) is 0 Å².